The maximum atomic E-state index is 12.8. The highest BCUT2D eigenvalue weighted by Gasteiger charge is 2.31. The first-order valence-electron chi connectivity index (χ1n) is 11.4. The SMILES string of the molecule is CC1Oc2ccccc2N(CCC(=O)Nc2ccccc2CN2CCCC(C(N)=O)C2)C1=O. The number of nitrogens with one attached hydrogen (secondary N) is 1. The average Bonchev–Trinajstić information content (AvgIpc) is 2.81. The van der Waals surface area contributed by atoms with Crippen LogP contribution >= 0.6 is 0 Å². The molecule has 2 aliphatic heterocycles. The van der Waals surface area contributed by atoms with Gasteiger partial charge in [-0.3, -0.25) is 19.3 Å². The standard InChI is InChI=1S/C25H30N4O4/c1-17-25(32)29(21-10-4-5-11-22(21)33-17)14-12-23(30)27-20-9-3-2-7-18(20)15-28-13-6-8-19(16-28)24(26)31/h2-5,7,9-11,17,19H,6,8,12-16H2,1H3,(H2,26,31)(H,27,30). The first-order chi connectivity index (χ1) is 15.9. The van der Waals surface area contributed by atoms with Gasteiger partial charge in [0.05, 0.1) is 11.6 Å². The fourth-order valence-corrected chi connectivity index (χ4v) is 4.47. The summed E-state index contributed by atoms with van der Waals surface area (Å²) in [7, 11) is 0. The van der Waals surface area contributed by atoms with Gasteiger partial charge in [-0.05, 0) is 50.1 Å². The van der Waals surface area contributed by atoms with Crippen molar-refractivity contribution in [3.05, 3.63) is 54.1 Å². The van der Waals surface area contributed by atoms with E-state index in [1.54, 1.807) is 11.8 Å². The fourth-order valence-electron chi connectivity index (χ4n) is 4.47. The Hall–Kier alpha value is -3.39. The number of ether oxygens (including phenoxy) is 1. The fraction of sp³-hybridized carbons (Fsp3) is 0.400. The van der Waals surface area contributed by atoms with E-state index in [9.17, 15) is 14.4 Å². The Morgan fingerprint density at radius 2 is 1.91 bits per heavy atom. The normalized spacial score (nSPS) is 20.6. The second-order valence-corrected chi connectivity index (χ2v) is 8.65. The number of piperidine rings is 1. The predicted octanol–water partition coefficient (Wildman–Crippen LogP) is 2.53. The molecule has 0 bridgehead atoms. The third kappa shape index (κ3) is 5.34. The molecular weight excluding hydrogens is 420 g/mol. The third-order valence-corrected chi connectivity index (χ3v) is 6.23. The molecule has 0 aromatic heterocycles. The monoisotopic (exact) mass is 450 g/mol. The summed E-state index contributed by atoms with van der Waals surface area (Å²) in [6.07, 6.45) is 1.33. The van der Waals surface area contributed by atoms with Crippen molar-refractivity contribution >= 4 is 29.1 Å². The number of hydrogen-bond acceptors (Lipinski definition) is 5. The molecule has 8 heteroatoms. The van der Waals surface area contributed by atoms with Gasteiger partial charge < -0.3 is 20.7 Å². The van der Waals surface area contributed by atoms with Gasteiger partial charge in [-0.25, -0.2) is 0 Å². The summed E-state index contributed by atoms with van der Waals surface area (Å²) in [4.78, 5) is 40.8. The second-order valence-electron chi connectivity index (χ2n) is 8.65. The summed E-state index contributed by atoms with van der Waals surface area (Å²) < 4.78 is 5.66. The number of carbonyl (C=O) groups excluding carboxylic acids is 3. The molecule has 4 rings (SSSR count). The number of fused-ring (bicyclic) bond motifs is 1. The lowest BCUT2D eigenvalue weighted by atomic mass is 9.97. The van der Waals surface area contributed by atoms with Crippen molar-refractivity contribution in [3.8, 4) is 5.75 Å². The molecule has 2 aromatic carbocycles. The smallest absolute Gasteiger partial charge is 0.267 e. The maximum Gasteiger partial charge on any atom is 0.267 e. The number of likely N-dealkylation sites (tertiary alicyclic amines) is 1. The highest BCUT2D eigenvalue weighted by Crippen LogP contribution is 2.33. The minimum atomic E-state index is -0.586. The molecular formula is C25H30N4O4. The lowest BCUT2D eigenvalue weighted by molar-refractivity contribution is -0.125. The van der Waals surface area contributed by atoms with Crippen LogP contribution in [0.2, 0.25) is 0 Å². The van der Waals surface area contributed by atoms with E-state index in [1.165, 1.54) is 0 Å². The van der Waals surface area contributed by atoms with Gasteiger partial charge in [0.25, 0.3) is 5.91 Å². The van der Waals surface area contributed by atoms with Crippen molar-refractivity contribution in [1.82, 2.24) is 4.90 Å². The van der Waals surface area contributed by atoms with E-state index < -0.39 is 6.10 Å². The van der Waals surface area contributed by atoms with Gasteiger partial charge >= 0.3 is 0 Å². The lowest BCUT2D eigenvalue weighted by Crippen LogP contribution is -2.45. The van der Waals surface area contributed by atoms with E-state index in [0.29, 0.717) is 24.5 Å². The third-order valence-electron chi connectivity index (χ3n) is 6.23. The van der Waals surface area contributed by atoms with Crippen LogP contribution in [0.4, 0.5) is 11.4 Å². The molecule has 0 aliphatic carbocycles. The number of benzene rings is 2. The van der Waals surface area contributed by atoms with Crippen LogP contribution in [0.25, 0.3) is 0 Å². The zero-order valence-electron chi connectivity index (χ0n) is 18.8. The molecule has 3 amide bonds. The average molecular weight is 451 g/mol. The molecule has 174 valence electrons. The Labute approximate surface area is 193 Å². The Morgan fingerprint density at radius 1 is 1.15 bits per heavy atom. The Bertz CT molecular complexity index is 1040. The number of nitrogens with zero attached hydrogens (tertiary/aromatic N) is 2. The quantitative estimate of drug-likeness (QED) is 0.675. The van der Waals surface area contributed by atoms with Crippen LogP contribution in [-0.2, 0) is 20.9 Å². The number of hydrogen-bond donors (Lipinski definition) is 2. The molecule has 1 fully saturated rings. The van der Waals surface area contributed by atoms with E-state index in [1.807, 2.05) is 48.5 Å². The molecule has 8 nitrogen and oxygen atoms in total. The first-order valence-corrected chi connectivity index (χ1v) is 11.4. The predicted molar refractivity (Wildman–Crippen MR) is 126 cm³/mol. The zero-order valence-corrected chi connectivity index (χ0v) is 18.8. The largest absolute Gasteiger partial charge is 0.479 e. The Kier molecular flexibility index (Phi) is 6.93. The summed E-state index contributed by atoms with van der Waals surface area (Å²) in [5.41, 5.74) is 7.91. The molecule has 0 saturated carbocycles. The number of nitrogens with two attached hydrogens (primary N) is 1. The van der Waals surface area contributed by atoms with Crippen LogP contribution < -0.4 is 20.7 Å². The van der Waals surface area contributed by atoms with E-state index in [4.69, 9.17) is 10.5 Å². The van der Waals surface area contributed by atoms with E-state index >= 15 is 0 Å². The van der Waals surface area contributed by atoms with Crippen molar-refractivity contribution in [2.45, 2.75) is 38.8 Å². The summed E-state index contributed by atoms with van der Waals surface area (Å²) in [6.45, 7) is 4.14. The summed E-state index contributed by atoms with van der Waals surface area (Å²) in [6, 6.07) is 15.0. The van der Waals surface area contributed by atoms with Gasteiger partial charge in [0, 0.05) is 31.7 Å². The lowest BCUT2D eigenvalue weighted by Gasteiger charge is -2.33. The number of primary amides is 1. The molecule has 0 radical (unpaired) electrons. The van der Waals surface area contributed by atoms with Crippen molar-refractivity contribution in [3.63, 3.8) is 0 Å². The topological polar surface area (TPSA) is 105 Å². The van der Waals surface area contributed by atoms with Crippen LogP contribution in [0.5, 0.6) is 5.75 Å². The molecule has 3 N–H and O–H groups in total. The van der Waals surface area contributed by atoms with Crippen LogP contribution in [0.15, 0.2) is 48.5 Å². The van der Waals surface area contributed by atoms with Gasteiger partial charge in [-0.15, -0.1) is 0 Å². The molecule has 33 heavy (non-hydrogen) atoms. The number of para-hydroxylation sites is 3. The zero-order chi connectivity index (χ0) is 23.4. The van der Waals surface area contributed by atoms with E-state index in [-0.39, 0.29) is 36.6 Å². The maximum absolute atomic E-state index is 12.8. The van der Waals surface area contributed by atoms with Crippen LogP contribution in [-0.4, -0.2) is 48.4 Å². The molecule has 0 spiro atoms. The minimum absolute atomic E-state index is 0.128. The number of anilines is 2. The van der Waals surface area contributed by atoms with Gasteiger partial charge in [-0.1, -0.05) is 30.3 Å². The Morgan fingerprint density at radius 3 is 2.73 bits per heavy atom. The molecule has 2 unspecified atom stereocenters. The van der Waals surface area contributed by atoms with E-state index in [0.717, 1.165) is 30.6 Å². The van der Waals surface area contributed by atoms with Crippen molar-refractivity contribution < 1.29 is 19.1 Å². The summed E-state index contributed by atoms with van der Waals surface area (Å²) in [5, 5.41) is 3.00. The van der Waals surface area contributed by atoms with Crippen molar-refractivity contribution in [1.29, 1.82) is 0 Å². The van der Waals surface area contributed by atoms with Crippen LogP contribution in [0.3, 0.4) is 0 Å². The summed E-state index contributed by atoms with van der Waals surface area (Å²) in [5.74, 6) is -0.0608. The van der Waals surface area contributed by atoms with Gasteiger partial charge in [0.15, 0.2) is 6.10 Å². The Balaban J connectivity index is 1.39. The van der Waals surface area contributed by atoms with Crippen LogP contribution in [0.1, 0.15) is 31.7 Å². The summed E-state index contributed by atoms with van der Waals surface area (Å²) >= 11 is 0. The number of rotatable bonds is 7. The van der Waals surface area contributed by atoms with Crippen LogP contribution in [0, 0.1) is 5.92 Å². The molecule has 2 aliphatic rings. The number of amides is 3. The first kappa shape index (κ1) is 22.8. The van der Waals surface area contributed by atoms with Gasteiger partial charge in [0.1, 0.15) is 5.75 Å². The number of carbonyl (C=O) groups is 3. The molecule has 2 aromatic rings. The van der Waals surface area contributed by atoms with Gasteiger partial charge in [0.2, 0.25) is 11.8 Å². The van der Waals surface area contributed by atoms with Crippen molar-refractivity contribution in [2.24, 2.45) is 11.7 Å². The molecule has 2 atom stereocenters. The molecule has 1 saturated heterocycles. The highest BCUT2D eigenvalue weighted by molar-refractivity contribution is 6.01. The van der Waals surface area contributed by atoms with Crippen molar-refractivity contribution in [2.75, 3.05) is 29.9 Å². The second kappa shape index (κ2) is 10.0. The molecule has 2 heterocycles. The highest BCUT2D eigenvalue weighted by atomic mass is 16.5. The van der Waals surface area contributed by atoms with E-state index in [2.05, 4.69) is 10.2 Å². The van der Waals surface area contributed by atoms with Gasteiger partial charge in [-0.2, -0.15) is 0 Å². The minimum Gasteiger partial charge on any atom is -0.479 e.